The lowest BCUT2D eigenvalue weighted by atomic mass is 10.0. The van der Waals surface area contributed by atoms with E-state index in [1.165, 1.54) is 4.90 Å². The minimum absolute atomic E-state index is 0.297. The van der Waals surface area contributed by atoms with E-state index in [0.29, 0.717) is 32.2 Å². The van der Waals surface area contributed by atoms with E-state index in [0.717, 1.165) is 25.7 Å². The number of nitrogens with one attached hydrogen (secondary N) is 3. The van der Waals surface area contributed by atoms with Crippen LogP contribution in [-0.4, -0.2) is 67.8 Å². The molecule has 3 aliphatic rings. The molecule has 2 aliphatic heterocycles. The molecule has 39 heavy (non-hydrogen) atoms. The Kier molecular flexibility index (Phi) is 9.83. The summed E-state index contributed by atoms with van der Waals surface area (Å²) in [7, 11) is 0. The Morgan fingerprint density at radius 3 is 2.51 bits per heavy atom. The summed E-state index contributed by atoms with van der Waals surface area (Å²) >= 11 is -1.65. The minimum Gasteiger partial charge on any atom is -0.593 e. The second-order valence-electron chi connectivity index (χ2n) is 12.6. The van der Waals surface area contributed by atoms with Crippen LogP contribution < -0.4 is 15.4 Å². The standard InChI is InChI=1S/C28H44N4O6S/c1-26(2,3)38-25(36)29-20-15-12-10-8-7-9-11-14-19-18-28(19,24(35)31-39(37)27(4,5)6)30-22(33)21-16-13-17-32(21)23(20)34/h9,14,19-21H,7-8,10,12-13,15-18H2,1-6H3,(H,29,36)(H,30,33)(H,31,35)/t11?,19-,20+,21+,28-,39+/m1/s1. The van der Waals surface area contributed by atoms with Crippen molar-refractivity contribution >= 4 is 35.2 Å². The van der Waals surface area contributed by atoms with Gasteiger partial charge in [-0.2, -0.15) is 4.72 Å². The topological polar surface area (TPSA) is 140 Å². The number of ether oxygens (including phenoxy) is 1. The Hall–Kier alpha value is -2.49. The Morgan fingerprint density at radius 2 is 1.85 bits per heavy atom. The number of carbonyl (C=O) groups is 4. The summed E-state index contributed by atoms with van der Waals surface area (Å²) in [5.41, 5.74) is 1.19. The number of hydrogen-bond donors (Lipinski definition) is 3. The molecule has 10 nitrogen and oxygen atoms in total. The molecule has 0 unspecified atom stereocenters. The molecule has 0 bridgehead atoms. The average molecular weight is 565 g/mol. The molecule has 4 amide bonds. The maximum Gasteiger partial charge on any atom is 0.408 e. The zero-order chi connectivity index (χ0) is 29.0. The van der Waals surface area contributed by atoms with Crippen LogP contribution in [0.25, 0.3) is 0 Å². The van der Waals surface area contributed by atoms with E-state index in [4.69, 9.17) is 4.74 Å². The summed E-state index contributed by atoms with van der Waals surface area (Å²) < 4.78 is 20.0. The monoisotopic (exact) mass is 564 g/mol. The zero-order valence-electron chi connectivity index (χ0n) is 24.1. The van der Waals surface area contributed by atoms with Crippen LogP contribution in [0.4, 0.5) is 4.79 Å². The van der Waals surface area contributed by atoms with Gasteiger partial charge in [0.1, 0.15) is 28.0 Å². The molecule has 1 saturated carbocycles. The van der Waals surface area contributed by atoms with Crippen LogP contribution >= 0.6 is 0 Å². The highest BCUT2D eigenvalue weighted by Crippen LogP contribution is 2.45. The maximum atomic E-state index is 13.7. The number of rotatable bonds is 3. The van der Waals surface area contributed by atoms with Crippen molar-refractivity contribution < 1.29 is 28.5 Å². The molecule has 3 N–H and O–H groups in total. The molecule has 1 aliphatic carbocycles. The van der Waals surface area contributed by atoms with Crippen molar-refractivity contribution in [3.8, 4) is 0 Å². The number of nitrogens with zero attached hydrogens (tertiary/aromatic N) is 1. The van der Waals surface area contributed by atoms with Crippen LogP contribution in [0.5, 0.6) is 0 Å². The molecule has 0 aromatic heterocycles. The molecule has 0 radical (unpaired) electrons. The summed E-state index contributed by atoms with van der Waals surface area (Å²) in [5, 5.41) is 5.63. The van der Waals surface area contributed by atoms with Crippen molar-refractivity contribution in [1.29, 1.82) is 0 Å². The predicted molar refractivity (Wildman–Crippen MR) is 149 cm³/mol. The Balaban J connectivity index is 1.85. The smallest absolute Gasteiger partial charge is 0.408 e. The van der Waals surface area contributed by atoms with Gasteiger partial charge in [-0.1, -0.05) is 12.8 Å². The van der Waals surface area contributed by atoms with Gasteiger partial charge in [-0.25, -0.2) is 4.79 Å². The van der Waals surface area contributed by atoms with Crippen LogP contribution in [0.2, 0.25) is 0 Å². The summed E-state index contributed by atoms with van der Waals surface area (Å²) in [5.74, 6) is -1.56. The van der Waals surface area contributed by atoms with Crippen molar-refractivity contribution in [2.45, 2.75) is 121 Å². The maximum absolute atomic E-state index is 13.7. The third-order valence-electron chi connectivity index (χ3n) is 7.09. The highest BCUT2D eigenvalue weighted by Gasteiger charge is 2.62. The highest BCUT2D eigenvalue weighted by atomic mass is 32.2. The van der Waals surface area contributed by atoms with Gasteiger partial charge < -0.3 is 24.8 Å². The quantitative estimate of drug-likeness (QED) is 0.356. The summed E-state index contributed by atoms with van der Waals surface area (Å²) in [6.45, 7) is 10.9. The number of alkyl carbamates (subject to hydrolysis) is 1. The van der Waals surface area contributed by atoms with E-state index >= 15 is 0 Å². The number of fused-ring (bicyclic) bond motifs is 2. The largest absolute Gasteiger partial charge is 0.593 e. The second-order valence-corrected chi connectivity index (χ2v) is 14.6. The zero-order valence-corrected chi connectivity index (χ0v) is 24.9. The van der Waals surface area contributed by atoms with Gasteiger partial charge in [-0.05, 0) is 92.2 Å². The first kappa shape index (κ1) is 31.0. The van der Waals surface area contributed by atoms with E-state index in [1.54, 1.807) is 47.6 Å². The van der Waals surface area contributed by atoms with Gasteiger partial charge in [0, 0.05) is 12.5 Å². The number of carbonyl (C=O) groups excluding carboxylic acids is 4. The van der Waals surface area contributed by atoms with Gasteiger partial charge in [0.25, 0.3) is 5.91 Å². The molecule has 5 atom stereocenters. The van der Waals surface area contributed by atoms with E-state index in [1.807, 2.05) is 6.08 Å². The Morgan fingerprint density at radius 1 is 1.13 bits per heavy atom. The van der Waals surface area contributed by atoms with Crippen LogP contribution in [-0.2, 0) is 30.5 Å². The fourth-order valence-electron chi connectivity index (χ4n) is 4.83. The lowest BCUT2D eigenvalue weighted by Crippen LogP contribution is -2.59. The van der Waals surface area contributed by atoms with Gasteiger partial charge in [0.15, 0.2) is 0 Å². The second kappa shape index (κ2) is 12.4. The molecule has 11 heteroatoms. The molecular weight excluding hydrogens is 520 g/mol. The van der Waals surface area contributed by atoms with Crippen molar-refractivity contribution in [3.05, 3.63) is 17.9 Å². The van der Waals surface area contributed by atoms with Gasteiger partial charge in [0.2, 0.25) is 11.8 Å². The molecule has 0 aromatic rings. The number of hydrogen-bond acceptors (Lipinski definition) is 6. The number of amides is 4. The van der Waals surface area contributed by atoms with E-state index in [-0.39, 0.29) is 11.8 Å². The fourth-order valence-corrected chi connectivity index (χ4v) is 5.49. The van der Waals surface area contributed by atoms with E-state index in [2.05, 4.69) is 21.1 Å². The first-order valence-electron chi connectivity index (χ1n) is 13.9. The van der Waals surface area contributed by atoms with Crippen molar-refractivity contribution in [1.82, 2.24) is 20.3 Å². The summed E-state index contributed by atoms with van der Waals surface area (Å²) in [4.78, 5) is 54.6. The van der Waals surface area contributed by atoms with Crippen LogP contribution in [0.15, 0.2) is 17.9 Å². The van der Waals surface area contributed by atoms with Crippen LogP contribution in [0, 0.1) is 5.92 Å². The van der Waals surface area contributed by atoms with Crippen molar-refractivity contribution in [2.75, 3.05) is 6.54 Å². The van der Waals surface area contributed by atoms with Gasteiger partial charge in [0.05, 0.1) is 11.4 Å². The van der Waals surface area contributed by atoms with Gasteiger partial charge in [-0.3, -0.25) is 14.4 Å². The molecule has 0 aromatic carbocycles. The predicted octanol–water partition coefficient (Wildman–Crippen LogP) is 3.00. The minimum atomic E-state index is -1.65. The van der Waals surface area contributed by atoms with Crippen LogP contribution in [0.1, 0.15) is 92.9 Å². The van der Waals surface area contributed by atoms with E-state index < -0.39 is 57.2 Å². The SMILES string of the molecule is CC(C)(C)OC(=O)N[C@H]1CCCCCC=C=C[C@@H]2C[C@@]2(C(=O)N[S@@+]([O-])C(C)(C)C)NC(=O)[C@@H]2CCCN2C1=O. The van der Waals surface area contributed by atoms with E-state index in [9.17, 15) is 23.7 Å². The fraction of sp³-hybridized carbons (Fsp3) is 0.750. The Labute approximate surface area is 235 Å². The lowest BCUT2D eigenvalue weighted by molar-refractivity contribution is -0.141. The third-order valence-corrected chi connectivity index (χ3v) is 8.58. The van der Waals surface area contributed by atoms with Crippen molar-refractivity contribution in [2.24, 2.45) is 5.92 Å². The molecule has 2 heterocycles. The summed E-state index contributed by atoms with van der Waals surface area (Å²) in [6, 6.07) is -1.59. The van der Waals surface area contributed by atoms with Gasteiger partial charge in [-0.15, -0.1) is 5.73 Å². The molecule has 0 spiro atoms. The molecular formula is C28H44N4O6S. The lowest BCUT2D eigenvalue weighted by Gasteiger charge is -2.31. The van der Waals surface area contributed by atoms with Crippen molar-refractivity contribution in [3.63, 3.8) is 0 Å². The third kappa shape index (κ3) is 8.25. The van der Waals surface area contributed by atoms with Crippen LogP contribution in [0.3, 0.4) is 0 Å². The Bertz CT molecular complexity index is 1010. The molecule has 2 fully saturated rings. The first-order chi connectivity index (χ1) is 18.1. The first-order valence-corrected chi connectivity index (χ1v) is 15.0. The average Bonchev–Trinajstić information content (AvgIpc) is 3.27. The highest BCUT2D eigenvalue weighted by molar-refractivity contribution is 7.91. The molecule has 1 saturated heterocycles. The molecule has 218 valence electrons. The summed E-state index contributed by atoms with van der Waals surface area (Å²) in [6.07, 6.45) is 8.13. The molecule has 3 rings (SSSR count). The normalized spacial score (nSPS) is 29.1. The van der Waals surface area contributed by atoms with Gasteiger partial charge >= 0.3 is 6.09 Å².